The fraction of sp³-hybridized carbons (Fsp3) is 0.333. The zero-order valence-electron chi connectivity index (χ0n) is 19.2. The van der Waals surface area contributed by atoms with E-state index in [9.17, 15) is 19.2 Å². The molecule has 33 heavy (non-hydrogen) atoms. The van der Waals surface area contributed by atoms with E-state index < -0.39 is 29.9 Å². The molecule has 1 heterocycles. The number of anilines is 1. The second kappa shape index (κ2) is 9.72. The third kappa shape index (κ3) is 4.82. The lowest BCUT2D eigenvalue weighted by Crippen LogP contribution is -2.42. The molecule has 1 fully saturated rings. The number of hydrogen-bond acceptors (Lipinski definition) is 5. The molecule has 174 valence electrons. The maximum Gasteiger partial charge on any atom is 0.325 e. The quantitative estimate of drug-likeness (QED) is 0.599. The summed E-state index contributed by atoms with van der Waals surface area (Å²) in [6, 6.07) is 12.6. The highest BCUT2D eigenvalue weighted by Crippen LogP contribution is 2.30. The van der Waals surface area contributed by atoms with Crippen molar-refractivity contribution in [1.29, 1.82) is 0 Å². The molecule has 0 spiro atoms. The molecule has 2 aromatic carbocycles. The molecule has 0 aromatic heterocycles. The van der Waals surface area contributed by atoms with Gasteiger partial charge in [-0.3, -0.25) is 19.3 Å². The number of hydrogen-bond donors (Lipinski definition) is 2. The number of imide groups is 1. The first-order chi connectivity index (χ1) is 15.7. The number of methoxy groups -OCH3 is 1. The van der Waals surface area contributed by atoms with Crippen molar-refractivity contribution in [3.63, 3.8) is 0 Å². The Labute approximate surface area is 192 Å². The van der Waals surface area contributed by atoms with Crippen molar-refractivity contribution in [2.24, 2.45) is 0 Å². The highest BCUT2D eigenvalue weighted by Gasteiger charge is 2.49. The minimum absolute atomic E-state index is 0.0879. The molecular formula is C24H28N4O5. The molecule has 1 atom stereocenters. The predicted octanol–water partition coefficient (Wildman–Crippen LogP) is 2.58. The summed E-state index contributed by atoms with van der Waals surface area (Å²) in [5.74, 6) is -0.511. The minimum atomic E-state index is -1.28. The third-order valence-corrected chi connectivity index (χ3v) is 5.71. The maximum atomic E-state index is 13.0. The van der Waals surface area contributed by atoms with Crippen LogP contribution in [-0.4, -0.2) is 60.3 Å². The monoisotopic (exact) mass is 452 g/mol. The molecule has 0 bridgehead atoms. The van der Waals surface area contributed by atoms with Crippen LogP contribution in [-0.2, 0) is 15.1 Å². The van der Waals surface area contributed by atoms with Crippen LogP contribution >= 0.6 is 0 Å². The molecular weight excluding hydrogens is 424 g/mol. The maximum absolute atomic E-state index is 13.0. The summed E-state index contributed by atoms with van der Waals surface area (Å²) in [6.45, 7) is 6.19. The highest BCUT2D eigenvalue weighted by molar-refractivity contribution is 6.10. The molecule has 1 aliphatic heterocycles. The lowest BCUT2D eigenvalue weighted by Gasteiger charge is -2.22. The van der Waals surface area contributed by atoms with E-state index in [2.05, 4.69) is 10.6 Å². The number of nitrogens with one attached hydrogen (secondary N) is 2. The standard InChI is InChI=1S/C24H28N4O5/c1-5-27(6-2)21(30)16-7-11-18(12-8-16)25-20(29)15-28-22(31)24(3,26-23(28)32)17-9-13-19(33-4)14-10-17/h7-14H,5-6,15H2,1-4H3,(H,25,29)(H,26,32)/t24-/m0/s1. The van der Waals surface area contributed by atoms with Gasteiger partial charge in [0, 0.05) is 24.3 Å². The van der Waals surface area contributed by atoms with E-state index in [0.717, 1.165) is 4.90 Å². The van der Waals surface area contributed by atoms with Gasteiger partial charge in [-0.2, -0.15) is 0 Å². The largest absolute Gasteiger partial charge is 0.497 e. The molecule has 1 aliphatic rings. The van der Waals surface area contributed by atoms with Crippen LogP contribution in [0.3, 0.4) is 0 Å². The lowest BCUT2D eigenvalue weighted by molar-refractivity contribution is -0.133. The SMILES string of the molecule is CCN(CC)C(=O)c1ccc(NC(=O)CN2C(=O)N[C@@](C)(c3ccc(OC)cc3)C2=O)cc1. The average molecular weight is 453 g/mol. The van der Waals surface area contributed by atoms with Gasteiger partial charge in [0.15, 0.2) is 0 Å². The van der Waals surface area contributed by atoms with Crippen LogP contribution in [0, 0.1) is 0 Å². The van der Waals surface area contributed by atoms with Gasteiger partial charge in [-0.1, -0.05) is 12.1 Å². The van der Waals surface area contributed by atoms with Gasteiger partial charge in [0.1, 0.15) is 17.8 Å². The number of benzene rings is 2. The number of carbonyl (C=O) groups is 4. The summed E-state index contributed by atoms with van der Waals surface area (Å²) in [5, 5.41) is 5.33. The van der Waals surface area contributed by atoms with Gasteiger partial charge in [0.05, 0.1) is 7.11 Å². The number of ether oxygens (including phenoxy) is 1. The van der Waals surface area contributed by atoms with E-state index in [1.54, 1.807) is 60.4 Å². The fourth-order valence-corrected chi connectivity index (χ4v) is 3.69. The molecule has 5 amide bonds. The third-order valence-electron chi connectivity index (χ3n) is 5.71. The van der Waals surface area contributed by atoms with E-state index in [1.165, 1.54) is 7.11 Å². The number of rotatable bonds is 8. The van der Waals surface area contributed by atoms with Crippen LogP contribution < -0.4 is 15.4 Å². The van der Waals surface area contributed by atoms with E-state index in [-0.39, 0.29) is 5.91 Å². The molecule has 1 saturated heterocycles. The normalized spacial score (nSPS) is 17.5. The molecule has 3 rings (SSSR count). The zero-order valence-corrected chi connectivity index (χ0v) is 19.2. The predicted molar refractivity (Wildman–Crippen MR) is 123 cm³/mol. The van der Waals surface area contributed by atoms with Crippen molar-refractivity contribution in [1.82, 2.24) is 15.1 Å². The highest BCUT2D eigenvalue weighted by atomic mass is 16.5. The van der Waals surface area contributed by atoms with Crippen LogP contribution in [0.15, 0.2) is 48.5 Å². The van der Waals surface area contributed by atoms with Crippen LogP contribution in [0.25, 0.3) is 0 Å². The Hall–Kier alpha value is -3.88. The average Bonchev–Trinajstić information content (AvgIpc) is 3.04. The van der Waals surface area contributed by atoms with Gasteiger partial charge >= 0.3 is 6.03 Å². The molecule has 2 N–H and O–H groups in total. The first-order valence-corrected chi connectivity index (χ1v) is 10.7. The smallest absolute Gasteiger partial charge is 0.325 e. The second-order valence-corrected chi connectivity index (χ2v) is 7.78. The van der Waals surface area contributed by atoms with E-state index in [0.29, 0.717) is 35.7 Å². The van der Waals surface area contributed by atoms with Gasteiger partial charge in [-0.05, 0) is 62.7 Å². The molecule has 9 heteroatoms. The Morgan fingerprint density at radius 3 is 2.18 bits per heavy atom. The molecule has 0 saturated carbocycles. The molecule has 9 nitrogen and oxygen atoms in total. The van der Waals surface area contributed by atoms with Crippen LogP contribution in [0.4, 0.5) is 10.5 Å². The van der Waals surface area contributed by atoms with E-state index >= 15 is 0 Å². The van der Waals surface area contributed by atoms with Crippen molar-refractivity contribution in [2.75, 3.05) is 32.1 Å². The summed E-state index contributed by atoms with van der Waals surface area (Å²) < 4.78 is 5.13. The summed E-state index contributed by atoms with van der Waals surface area (Å²) in [6.07, 6.45) is 0. The Morgan fingerprint density at radius 1 is 1.03 bits per heavy atom. The zero-order chi connectivity index (χ0) is 24.2. The van der Waals surface area contributed by atoms with Crippen LogP contribution in [0.5, 0.6) is 5.75 Å². The van der Waals surface area contributed by atoms with Crippen molar-refractivity contribution in [2.45, 2.75) is 26.3 Å². The first kappa shape index (κ1) is 23.8. The van der Waals surface area contributed by atoms with Crippen molar-refractivity contribution < 1.29 is 23.9 Å². The number of amides is 5. The summed E-state index contributed by atoms with van der Waals surface area (Å²) in [7, 11) is 1.54. The van der Waals surface area contributed by atoms with Gasteiger partial charge in [-0.25, -0.2) is 4.79 Å². The van der Waals surface area contributed by atoms with Crippen molar-refractivity contribution in [3.8, 4) is 5.75 Å². The van der Waals surface area contributed by atoms with Gasteiger partial charge in [-0.15, -0.1) is 0 Å². The summed E-state index contributed by atoms with van der Waals surface area (Å²) >= 11 is 0. The Kier molecular flexibility index (Phi) is 7.01. The molecule has 0 radical (unpaired) electrons. The van der Waals surface area contributed by atoms with E-state index in [4.69, 9.17) is 4.74 Å². The summed E-state index contributed by atoms with van der Waals surface area (Å²) in [4.78, 5) is 53.0. The van der Waals surface area contributed by atoms with Gasteiger partial charge in [0.2, 0.25) is 5.91 Å². The van der Waals surface area contributed by atoms with Gasteiger partial charge in [0.25, 0.3) is 11.8 Å². The number of carbonyl (C=O) groups excluding carboxylic acids is 4. The molecule has 0 aliphatic carbocycles. The Bertz CT molecular complexity index is 1050. The first-order valence-electron chi connectivity index (χ1n) is 10.7. The number of nitrogens with zero attached hydrogens (tertiary/aromatic N) is 2. The molecule has 2 aromatic rings. The Balaban J connectivity index is 1.66. The van der Waals surface area contributed by atoms with Gasteiger partial charge < -0.3 is 20.3 Å². The topological polar surface area (TPSA) is 108 Å². The van der Waals surface area contributed by atoms with Crippen LogP contribution in [0.1, 0.15) is 36.7 Å². The number of urea groups is 1. The summed E-state index contributed by atoms with van der Waals surface area (Å²) in [5.41, 5.74) is 0.274. The molecule has 0 unspecified atom stereocenters. The van der Waals surface area contributed by atoms with Crippen LogP contribution in [0.2, 0.25) is 0 Å². The fourth-order valence-electron chi connectivity index (χ4n) is 3.69. The van der Waals surface area contributed by atoms with E-state index in [1.807, 2.05) is 13.8 Å². The van der Waals surface area contributed by atoms with Crippen molar-refractivity contribution in [3.05, 3.63) is 59.7 Å². The Morgan fingerprint density at radius 2 is 1.64 bits per heavy atom. The minimum Gasteiger partial charge on any atom is -0.497 e. The lowest BCUT2D eigenvalue weighted by atomic mass is 9.92. The second-order valence-electron chi connectivity index (χ2n) is 7.78. The van der Waals surface area contributed by atoms with Crippen molar-refractivity contribution >= 4 is 29.4 Å².